The van der Waals surface area contributed by atoms with Gasteiger partial charge in [0.25, 0.3) is 0 Å². The molecule has 11 heavy (non-hydrogen) atoms. The molecule has 0 saturated carbocycles. The van der Waals surface area contributed by atoms with Crippen LogP contribution < -0.4 is 0 Å². The van der Waals surface area contributed by atoms with Crippen LogP contribution in [-0.2, 0) is 0 Å². The van der Waals surface area contributed by atoms with Gasteiger partial charge in [0.05, 0.1) is 6.67 Å². The minimum atomic E-state index is -0.177. The van der Waals surface area contributed by atoms with E-state index in [-0.39, 0.29) is 19.1 Å². The number of halogens is 3. The Morgan fingerprint density at radius 1 is 1.55 bits per heavy atom. The molecule has 1 aliphatic rings. The average Bonchev–Trinajstić information content (AvgIpc) is 2.31. The lowest BCUT2D eigenvalue weighted by Gasteiger charge is -2.12. The molecular formula is C7H14BrClFN. The van der Waals surface area contributed by atoms with Crippen molar-refractivity contribution in [1.29, 1.82) is 0 Å². The first kappa shape index (κ1) is 11.7. The molecule has 1 nitrogen and oxygen atoms in total. The van der Waals surface area contributed by atoms with E-state index in [1.807, 2.05) is 0 Å². The van der Waals surface area contributed by atoms with Crippen LogP contribution in [0.5, 0.6) is 0 Å². The maximum absolute atomic E-state index is 11.7. The molecule has 0 amide bonds. The minimum Gasteiger partial charge on any atom is -0.302 e. The lowest BCUT2D eigenvalue weighted by atomic mass is 10.4. The van der Waals surface area contributed by atoms with Crippen molar-refractivity contribution in [2.24, 2.45) is 0 Å². The number of alkyl halides is 2. The van der Waals surface area contributed by atoms with Gasteiger partial charge in [-0.05, 0) is 19.4 Å². The maximum atomic E-state index is 11.7. The van der Waals surface area contributed by atoms with E-state index in [0.717, 1.165) is 19.6 Å². The standard InChI is InChI=1S/C7H13BrFN.ClH/c8-7-2-5-10(6-7)4-1-3-9;/h7H,1-6H2;1H. The number of likely N-dealkylation sites (tertiary alicyclic amines) is 1. The second-order valence-electron chi connectivity index (χ2n) is 2.73. The highest BCUT2D eigenvalue weighted by Crippen LogP contribution is 2.16. The van der Waals surface area contributed by atoms with Crippen LogP contribution in [0.2, 0.25) is 0 Å². The number of hydrogen-bond donors (Lipinski definition) is 0. The second kappa shape index (κ2) is 6.21. The zero-order valence-electron chi connectivity index (χ0n) is 6.43. The van der Waals surface area contributed by atoms with Gasteiger partial charge in [0.15, 0.2) is 0 Å². The van der Waals surface area contributed by atoms with Crippen molar-refractivity contribution >= 4 is 28.3 Å². The third-order valence-electron chi connectivity index (χ3n) is 1.82. The van der Waals surface area contributed by atoms with Crippen LogP contribution in [0.25, 0.3) is 0 Å². The quantitative estimate of drug-likeness (QED) is 0.691. The predicted octanol–water partition coefficient (Wildman–Crippen LogP) is 2.24. The lowest BCUT2D eigenvalue weighted by molar-refractivity contribution is 0.313. The van der Waals surface area contributed by atoms with Crippen molar-refractivity contribution in [3.8, 4) is 0 Å². The largest absolute Gasteiger partial charge is 0.302 e. The van der Waals surface area contributed by atoms with Crippen LogP contribution in [0.1, 0.15) is 12.8 Å². The SMILES string of the molecule is Cl.FCCCN1CCC(Br)C1. The number of hydrogen-bond acceptors (Lipinski definition) is 1. The van der Waals surface area contributed by atoms with Crippen LogP contribution in [0, 0.1) is 0 Å². The summed E-state index contributed by atoms with van der Waals surface area (Å²) < 4.78 is 11.7. The van der Waals surface area contributed by atoms with E-state index in [0.29, 0.717) is 11.2 Å². The molecule has 1 heterocycles. The Kier molecular flexibility index (Phi) is 6.58. The smallest absolute Gasteiger partial charge is 0.0906 e. The summed E-state index contributed by atoms with van der Waals surface area (Å²) in [5, 5.41) is 0. The van der Waals surface area contributed by atoms with Gasteiger partial charge in [-0.25, -0.2) is 0 Å². The van der Waals surface area contributed by atoms with Crippen LogP contribution in [-0.4, -0.2) is 36.0 Å². The number of rotatable bonds is 3. The van der Waals surface area contributed by atoms with Crippen molar-refractivity contribution in [2.75, 3.05) is 26.3 Å². The first-order valence-electron chi connectivity index (χ1n) is 3.75. The maximum Gasteiger partial charge on any atom is 0.0906 e. The molecule has 0 bridgehead atoms. The van der Waals surface area contributed by atoms with E-state index < -0.39 is 0 Å². The molecule has 0 aromatic rings. The molecule has 1 unspecified atom stereocenters. The summed E-state index contributed by atoms with van der Waals surface area (Å²) in [5.41, 5.74) is 0. The third-order valence-corrected chi connectivity index (χ3v) is 2.57. The molecule has 0 radical (unpaired) electrons. The van der Waals surface area contributed by atoms with Gasteiger partial charge in [-0.2, -0.15) is 0 Å². The predicted molar refractivity (Wildman–Crippen MR) is 51.6 cm³/mol. The fourth-order valence-corrected chi connectivity index (χ4v) is 1.89. The van der Waals surface area contributed by atoms with Gasteiger partial charge in [-0.1, -0.05) is 15.9 Å². The van der Waals surface area contributed by atoms with Crippen molar-refractivity contribution in [3.05, 3.63) is 0 Å². The Hall–Kier alpha value is 0.660. The summed E-state index contributed by atoms with van der Waals surface area (Å²) >= 11 is 3.54. The third kappa shape index (κ3) is 4.28. The normalized spacial score (nSPS) is 25.1. The molecule has 1 atom stereocenters. The molecule has 1 aliphatic heterocycles. The zero-order chi connectivity index (χ0) is 7.40. The topological polar surface area (TPSA) is 3.24 Å². The Balaban J connectivity index is 0.000001000. The fraction of sp³-hybridized carbons (Fsp3) is 1.00. The summed E-state index contributed by atoms with van der Waals surface area (Å²) in [6.45, 7) is 2.98. The van der Waals surface area contributed by atoms with Crippen LogP contribution in [0.15, 0.2) is 0 Å². The zero-order valence-corrected chi connectivity index (χ0v) is 8.83. The molecule has 0 aliphatic carbocycles. The molecule has 1 saturated heterocycles. The van der Waals surface area contributed by atoms with Crippen molar-refractivity contribution < 1.29 is 4.39 Å². The van der Waals surface area contributed by atoms with E-state index >= 15 is 0 Å². The summed E-state index contributed by atoms with van der Waals surface area (Å²) in [7, 11) is 0. The second-order valence-corrected chi connectivity index (χ2v) is 4.02. The van der Waals surface area contributed by atoms with Gasteiger partial charge in [0, 0.05) is 17.9 Å². The molecule has 4 heteroatoms. The van der Waals surface area contributed by atoms with Gasteiger partial charge < -0.3 is 4.90 Å². The van der Waals surface area contributed by atoms with E-state index in [4.69, 9.17) is 0 Å². The first-order chi connectivity index (χ1) is 4.83. The summed E-state index contributed by atoms with van der Waals surface area (Å²) in [6, 6.07) is 0. The molecular weight excluding hydrogens is 232 g/mol. The van der Waals surface area contributed by atoms with Gasteiger partial charge in [0.2, 0.25) is 0 Å². The Bertz CT molecular complexity index is 104. The first-order valence-corrected chi connectivity index (χ1v) is 4.67. The monoisotopic (exact) mass is 245 g/mol. The number of nitrogens with zero attached hydrogens (tertiary/aromatic N) is 1. The average molecular weight is 247 g/mol. The van der Waals surface area contributed by atoms with Gasteiger partial charge in [-0.15, -0.1) is 12.4 Å². The van der Waals surface area contributed by atoms with E-state index in [1.165, 1.54) is 6.42 Å². The van der Waals surface area contributed by atoms with Crippen molar-refractivity contribution in [2.45, 2.75) is 17.7 Å². The van der Waals surface area contributed by atoms with Crippen molar-refractivity contribution in [1.82, 2.24) is 4.90 Å². The molecule has 0 aromatic carbocycles. The highest BCUT2D eigenvalue weighted by molar-refractivity contribution is 9.09. The molecule has 0 N–H and O–H groups in total. The Labute approximate surface area is 81.9 Å². The van der Waals surface area contributed by atoms with Crippen molar-refractivity contribution in [3.63, 3.8) is 0 Å². The summed E-state index contributed by atoms with van der Waals surface area (Å²) in [6.07, 6.45) is 1.91. The Morgan fingerprint density at radius 2 is 2.27 bits per heavy atom. The minimum absolute atomic E-state index is 0. The van der Waals surface area contributed by atoms with Crippen LogP contribution in [0.3, 0.4) is 0 Å². The van der Waals surface area contributed by atoms with Gasteiger partial charge in [-0.3, -0.25) is 4.39 Å². The molecule has 0 aromatic heterocycles. The molecule has 1 fully saturated rings. The van der Waals surface area contributed by atoms with Crippen LogP contribution >= 0.6 is 28.3 Å². The molecule has 68 valence electrons. The molecule has 0 spiro atoms. The lowest BCUT2D eigenvalue weighted by Crippen LogP contribution is -2.22. The van der Waals surface area contributed by atoms with E-state index in [9.17, 15) is 4.39 Å². The summed E-state index contributed by atoms with van der Waals surface area (Å²) in [4.78, 5) is 2.95. The highest BCUT2D eigenvalue weighted by atomic mass is 79.9. The van der Waals surface area contributed by atoms with Crippen LogP contribution in [0.4, 0.5) is 4.39 Å². The van der Waals surface area contributed by atoms with E-state index in [1.54, 1.807) is 0 Å². The highest BCUT2D eigenvalue weighted by Gasteiger charge is 2.18. The Morgan fingerprint density at radius 3 is 2.73 bits per heavy atom. The summed E-state index contributed by atoms with van der Waals surface area (Å²) in [5.74, 6) is 0. The van der Waals surface area contributed by atoms with Gasteiger partial charge >= 0.3 is 0 Å². The van der Waals surface area contributed by atoms with E-state index in [2.05, 4.69) is 20.8 Å². The molecule has 1 rings (SSSR count). The fourth-order valence-electron chi connectivity index (χ4n) is 1.27. The van der Waals surface area contributed by atoms with Gasteiger partial charge in [0.1, 0.15) is 0 Å².